The topological polar surface area (TPSA) is 49.4 Å². The molecule has 5 heteroatoms. The molecule has 1 N–H and O–H groups in total. The Balaban J connectivity index is 3.05. The zero-order valence-corrected chi connectivity index (χ0v) is 12.1. The molecule has 0 aromatic heterocycles. The predicted molar refractivity (Wildman–Crippen MR) is 71.0 cm³/mol. The Morgan fingerprint density at radius 1 is 1.29 bits per heavy atom. The van der Waals surface area contributed by atoms with Crippen molar-refractivity contribution in [3.8, 4) is 0 Å². The molecular formula is C12H22N2O2S. The molecule has 0 spiro atoms. The summed E-state index contributed by atoms with van der Waals surface area (Å²) < 4.78 is 0. The summed E-state index contributed by atoms with van der Waals surface area (Å²) in [5.74, 6) is 0.811. The van der Waals surface area contributed by atoms with Crippen LogP contribution in [0.4, 0.5) is 0 Å². The molecule has 1 atom stereocenters. The SMILES string of the molecule is CCC1(C)C(=O)NC(C)(C)C(=O)N1CCSC. The summed E-state index contributed by atoms with van der Waals surface area (Å²) >= 11 is 1.68. The van der Waals surface area contributed by atoms with E-state index in [1.54, 1.807) is 30.5 Å². The van der Waals surface area contributed by atoms with Gasteiger partial charge in [-0.15, -0.1) is 0 Å². The second kappa shape index (κ2) is 4.88. The van der Waals surface area contributed by atoms with Gasteiger partial charge in [0.15, 0.2) is 0 Å². The van der Waals surface area contributed by atoms with Gasteiger partial charge in [0.05, 0.1) is 0 Å². The molecule has 2 amide bonds. The minimum atomic E-state index is -0.788. The molecule has 1 fully saturated rings. The lowest BCUT2D eigenvalue weighted by Crippen LogP contribution is -2.73. The van der Waals surface area contributed by atoms with Crippen LogP contribution in [0.2, 0.25) is 0 Å². The number of carbonyl (C=O) groups is 2. The summed E-state index contributed by atoms with van der Waals surface area (Å²) in [7, 11) is 0. The van der Waals surface area contributed by atoms with Crippen LogP contribution >= 0.6 is 11.8 Å². The van der Waals surface area contributed by atoms with E-state index in [0.717, 1.165) is 5.75 Å². The van der Waals surface area contributed by atoms with Gasteiger partial charge in [0, 0.05) is 12.3 Å². The first kappa shape index (κ1) is 14.4. The molecule has 1 unspecified atom stereocenters. The van der Waals surface area contributed by atoms with Gasteiger partial charge in [-0.2, -0.15) is 11.8 Å². The highest BCUT2D eigenvalue weighted by atomic mass is 32.2. The first-order chi connectivity index (χ1) is 7.79. The molecule has 0 aliphatic carbocycles. The number of hydrogen-bond donors (Lipinski definition) is 1. The van der Waals surface area contributed by atoms with E-state index in [0.29, 0.717) is 13.0 Å². The summed E-state index contributed by atoms with van der Waals surface area (Å²) in [6, 6.07) is 0. The van der Waals surface area contributed by atoms with Crippen molar-refractivity contribution in [2.75, 3.05) is 18.6 Å². The monoisotopic (exact) mass is 258 g/mol. The normalized spacial score (nSPS) is 28.2. The van der Waals surface area contributed by atoms with E-state index in [-0.39, 0.29) is 11.8 Å². The van der Waals surface area contributed by atoms with Crippen molar-refractivity contribution in [2.24, 2.45) is 0 Å². The van der Waals surface area contributed by atoms with E-state index < -0.39 is 11.1 Å². The summed E-state index contributed by atoms with van der Waals surface area (Å²) in [4.78, 5) is 26.3. The fraction of sp³-hybridized carbons (Fsp3) is 0.833. The van der Waals surface area contributed by atoms with Crippen molar-refractivity contribution in [1.29, 1.82) is 0 Å². The molecule has 4 nitrogen and oxygen atoms in total. The smallest absolute Gasteiger partial charge is 0.248 e. The highest BCUT2D eigenvalue weighted by Crippen LogP contribution is 2.28. The maximum Gasteiger partial charge on any atom is 0.248 e. The Hall–Kier alpha value is -0.710. The van der Waals surface area contributed by atoms with Crippen molar-refractivity contribution in [1.82, 2.24) is 10.2 Å². The molecule has 98 valence electrons. The van der Waals surface area contributed by atoms with Crippen molar-refractivity contribution >= 4 is 23.6 Å². The number of thioether (sulfide) groups is 1. The zero-order valence-electron chi connectivity index (χ0n) is 11.3. The third-order valence-corrected chi connectivity index (χ3v) is 4.09. The molecule has 1 saturated heterocycles. The Morgan fingerprint density at radius 3 is 2.35 bits per heavy atom. The van der Waals surface area contributed by atoms with Crippen LogP contribution in [0.1, 0.15) is 34.1 Å². The maximum atomic E-state index is 12.4. The van der Waals surface area contributed by atoms with Crippen LogP contribution in [-0.4, -0.2) is 46.3 Å². The van der Waals surface area contributed by atoms with Gasteiger partial charge in [-0.1, -0.05) is 6.92 Å². The average molecular weight is 258 g/mol. The number of nitrogens with one attached hydrogen (secondary N) is 1. The zero-order chi connectivity index (χ0) is 13.3. The van der Waals surface area contributed by atoms with Crippen molar-refractivity contribution in [3.05, 3.63) is 0 Å². The number of carbonyl (C=O) groups excluding carboxylic acids is 2. The highest BCUT2D eigenvalue weighted by molar-refractivity contribution is 7.98. The summed E-state index contributed by atoms with van der Waals surface area (Å²) in [6.45, 7) is 7.93. The Bertz CT molecular complexity index is 330. The number of piperazine rings is 1. The Kier molecular flexibility index (Phi) is 4.12. The molecule has 17 heavy (non-hydrogen) atoms. The molecule has 0 radical (unpaired) electrons. The van der Waals surface area contributed by atoms with Gasteiger partial charge < -0.3 is 10.2 Å². The largest absolute Gasteiger partial charge is 0.340 e. The van der Waals surface area contributed by atoms with Gasteiger partial charge in [0.2, 0.25) is 11.8 Å². The van der Waals surface area contributed by atoms with E-state index >= 15 is 0 Å². The van der Waals surface area contributed by atoms with Crippen LogP contribution in [0.5, 0.6) is 0 Å². The second-order valence-electron chi connectivity index (χ2n) is 5.16. The minimum absolute atomic E-state index is 0.00972. The van der Waals surface area contributed by atoms with Gasteiger partial charge in [0.1, 0.15) is 11.1 Å². The first-order valence-electron chi connectivity index (χ1n) is 5.93. The average Bonchev–Trinajstić information content (AvgIpc) is 2.26. The van der Waals surface area contributed by atoms with Gasteiger partial charge in [-0.05, 0) is 33.4 Å². The summed E-state index contributed by atoms with van der Waals surface area (Å²) in [5.41, 5.74) is -1.49. The maximum absolute atomic E-state index is 12.4. The lowest BCUT2D eigenvalue weighted by molar-refractivity contribution is -0.160. The molecule has 0 aromatic carbocycles. The number of rotatable bonds is 4. The van der Waals surface area contributed by atoms with E-state index in [4.69, 9.17) is 0 Å². The molecule has 0 aromatic rings. The van der Waals surface area contributed by atoms with Crippen LogP contribution in [0.25, 0.3) is 0 Å². The van der Waals surface area contributed by atoms with Crippen LogP contribution < -0.4 is 5.32 Å². The quantitative estimate of drug-likeness (QED) is 0.826. The third-order valence-electron chi connectivity index (χ3n) is 3.50. The fourth-order valence-electron chi connectivity index (χ4n) is 2.04. The Labute approximate surface area is 108 Å². The highest BCUT2D eigenvalue weighted by Gasteiger charge is 2.51. The second-order valence-corrected chi connectivity index (χ2v) is 6.14. The van der Waals surface area contributed by atoms with Crippen LogP contribution in [-0.2, 0) is 9.59 Å². The van der Waals surface area contributed by atoms with Gasteiger partial charge in [-0.25, -0.2) is 0 Å². The summed E-state index contributed by atoms with van der Waals surface area (Å²) in [6.07, 6.45) is 2.64. The molecule has 1 heterocycles. The predicted octanol–water partition coefficient (Wildman–Crippen LogP) is 1.26. The molecule has 0 bridgehead atoms. The van der Waals surface area contributed by atoms with Crippen molar-refractivity contribution in [2.45, 2.75) is 45.2 Å². The van der Waals surface area contributed by atoms with Crippen LogP contribution in [0.15, 0.2) is 0 Å². The molecule has 1 aliphatic rings. The fourth-order valence-corrected chi connectivity index (χ4v) is 2.40. The Morgan fingerprint density at radius 2 is 1.88 bits per heavy atom. The standard InChI is InChI=1S/C12H22N2O2S/c1-6-12(4)9(15)13-11(2,3)10(16)14(12)7-8-17-5/h6-8H2,1-5H3,(H,13,15). The lowest BCUT2D eigenvalue weighted by Gasteiger charge is -2.48. The van der Waals surface area contributed by atoms with Crippen molar-refractivity contribution < 1.29 is 9.59 Å². The van der Waals surface area contributed by atoms with Gasteiger partial charge in [0.25, 0.3) is 0 Å². The minimum Gasteiger partial charge on any atom is -0.340 e. The molecular weight excluding hydrogens is 236 g/mol. The van der Waals surface area contributed by atoms with E-state index in [1.165, 1.54) is 0 Å². The van der Waals surface area contributed by atoms with Crippen molar-refractivity contribution in [3.63, 3.8) is 0 Å². The molecule has 1 rings (SSSR count). The lowest BCUT2D eigenvalue weighted by atomic mass is 9.86. The van der Waals surface area contributed by atoms with E-state index in [9.17, 15) is 9.59 Å². The number of hydrogen-bond acceptors (Lipinski definition) is 3. The van der Waals surface area contributed by atoms with Gasteiger partial charge in [-0.3, -0.25) is 9.59 Å². The van der Waals surface area contributed by atoms with Crippen LogP contribution in [0.3, 0.4) is 0 Å². The third kappa shape index (κ3) is 2.44. The van der Waals surface area contributed by atoms with E-state index in [1.807, 2.05) is 20.1 Å². The number of amides is 2. The first-order valence-corrected chi connectivity index (χ1v) is 7.32. The van der Waals surface area contributed by atoms with Crippen LogP contribution in [0, 0.1) is 0 Å². The molecule has 0 saturated carbocycles. The number of nitrogens with zero attached hydrogens (tertiary/aromatic N) is 1. The summed E-state index contributed by atoms with van der Waals surface area (Å²) in [5, 5.41) is 2.82. The van der Waals surface area contributed by atoms with E-state index in [2.05, 4.69) is 5.32 Å². The van der Waals surface area contributed by atoms with Gasteiger partial charge >= 0.3 is 0 Å². The molecule has 1 aliphatic heterocycles.